The number of aromatic nitrogens is 1. The number of nitrogens with one attached hydrogen (secondary N) is 1. The molecule has 1 amide bonds. The molecule has 0 unspecified atom stereocenters. The lowest BCUT2D eigenvalue weighted by Gasteiger charge is -2.29. The Balaban J connectivity index is 1.80. The normalized spacial score (nSPS) is 16.0. The quantitative estimate of drug-likeness (QED) is 0.873. The largest absolute Gasteiger partial charge is 0.496 e. The minimum absolute atomic E-state index is 0.0862. The summed E-state index contributed by atoms with van der Waals surface area (Å²) in [5.74, 6) is 1.26. The van der Waals surface area contributed by atoms with Crippen molar-refractivity contribution >= 4 is 5.91 Å². The lowest BCUT2D eigenvalue weighted by Crippen LogP contribution is -2.37. The Kier molecular flexibility index (Phi) is 5.38. The van der Waals surface area contributed by atoms with Gasteiger partial charge in [0.15, 0.2) is 0 Å². The summed E-state index contributed by atoms with van der Waals surface area (Å²) in [6.07, 6.45) is 2.37. The van der Waals surface area contributed by atoms with Gasteiger partial charge in [0.05, 0.1) is 18.8 Å². The molecule has 1 fully saturated rings. The monoisotopic (exact) mass is 343 g/mol. The molecule has 0 radical (unpaired) electrons. The molecule has 6 nitrogen and oxygen atoms in total. The van der Waals surface area contributed by atoms with Gasteiger partial charge in [-0.25, -0.2) is 0 Å². The minimum Gasteiger partial charge on any atom is -0.496 e. The molecule has 0 spiro atoms. The first-order valence-electron chi connectivity index (χ1n) is 8.70. The van der Waals surface area contributed by atoms with Gasteiger partial charge in [-0.05, 0) is 45.8 Å². The van der Waals surface area contributed by atoms with Crippen LogP contribution in [-0.2, 0) is 0 Å². The number of benzene rings is 1. The van der Waals surface area contributed by atoms with E-state index in [1.54, 1.807) is 21.0 Å². The van der Waals surface area contributed by atoms with Crippen LogP contribution < -0.4 is 10.1 Å². The molecule has 1 aliphatic heterocycles. The number of rotatable bonds is 6. The Hall–Kier alpha value is -2.34. The summed E-state index contributed by atoms with van der Waals surface area (Å²) in [5, 5.41) is 6.92. The average molecular weight is 343 g/mol. The van der Waals surface area contributed by atoms with Crippen molar-refractivity contribution in [3.8, 4) is 5.75 Å². The molecule has 2 heterocycles. The molecule has 1 saturated heterocycles. The van der Waals surface area contributed by atoms with Crippen molar-refractivity contribution in [1.82, 2.24) is 15.4 Å². The van der Waals surface area contributed by atoms with Crippen LogP contribution in [0.2, 0.25) is 0 Å². The third-order valence-corrected chi connectivity index (χ3v) is 4.80. The van der Waals surface area contributed by atoms with Gasteiger partial charge in [-0.3, -0.25) is 9.69 Å². The number of ether oxygens (including phenoxy) is 1. The third-order valence-electron chi connectivity index (χ3n) is 4.80. The molecule has 2 aromatic rings. The Morgan fingerprint density at radius 3 is 2.68 bits per heavy atom. The number of methoxy groups -OCH3 is 1. The maximum absolute atomic E-state index is 12.6. The Morgan fingerprint density at radius 1 is 1.32 bits per heavy atom. The van der Waals surface area contributed by atoms with Crippen molar-refractivity contribution in [2.45, 2.75) is 32.7 Å². The standard InChI is InChI=1S/C19H25N3O3/c1-13-18(14(2)25-21-13)19(23)20-12-16(22-10-6-7-11-22)15-8-4-5-9-17(15)24-3/h4-5,8-9,16H,6-7,10-12H2,1-3H3,(H,20,23)/t16-/m0/s1. The highest BCUT2D eigenvalue weighted by molar-refractivity contribution is 5.96. The molecular weight excluding hydrogens is 318 g/mol. The highest BCUT2D eigenvalue weighted by Gasteiger charge is 2.27. The molecule has 1 aromatic carbocycles. The Bertz CT molecular complexity index is 716. The summed E-state index contributed by atoms with van der Waals surface area (Å²) in [4.78, 5) is 15.0. The second-order valence-electron chi connectivity index (χ2n) is 6.41. The SMILES string of the molecule is COc1ccccc1[C@H](CNC(=O)c1c(C)noc1C)N1CCCC1. The minimum atomic E-state index is -0.143. The van der Waals surface area contributed by atoms with E-state index < -0.39 is 0 Å². The van der Waals surface area contributed by atoms with Gasteiger partial charge in [0.25, 0.3) is 5.91 Å². The predicted octanol–water partition coefficient (Wildman–Crippen LogP) is 2.87. The van der Waals surface area contributed by atoms with Crippen LogP contribution in [0.1, 0.15) is 46.3 Å². The van der Waals surface area contributed by atoms with Crippen LogP contribution in [0.4, 0.5) is 0 Å². The first-order valence-corrected chi connectivity index (χ1v) is 8.70. The van der Waals surface area contributed by atoms with E-state index in [-0.39, 0.29) is 11.9 Å². The van der Waals surface area contributed by atoms with Gasteiger partial charge in [-0.1, -0.05) is 23.4 Å². The molecule has 3 rings (SSSR count). The smallest absolute Gasteiger partial charge is 0.256 e. The summed E-state index contributed by atoms with van der Waals surface area (Å²) >= 11 is 0. The highest BCUT2D eigenvalue weighted by atomic mass is 16.5. The van der Waals surface area contributed by atoms with Crippen molar-refractivity contribution in [3.63, 3.8) is 0 Å². The van der Waals surface area contributed by atoms with Gasteiger partial charge in [0.1, 0.15) is 17.1 Å². The number of hydrogen-bond acceptors (Lipinski definition) is 5. The van der Waals surface area contributed by atoms with Gasteiger partial charge in [-0.15, -0.1) is 0 Å². The van der Waals surface area contributed by atoms with E-state index in [0.717, 1.165) is 24.4 Å². The summed E-state index contributed by atoms with van der Waals surface area (Å²) in [6.45, 7) is 6.12. The van der Waals surface area contributed by atoms with Crippen LogP contribution in [-0.4, -0.2) is 42.7 Å². The maximum atomic E-state index is 12.6. The van der Waals surface area contributed by atoms with Crippen molar-refractivity contribution < 1.29 is 14.1 Å². The van der Waals surface area contributed by atoms with E-state index >= 15 is 0 Å². The number of carbonyl (C=O) groups excluding carboxylic acids is 1. The first kappa shape index (κ1) is 17.5. The topological polar surface area (TPSA) is 67.6 Å². The van der Waals surface area contributed by atoms with Gasteiger partial charge >= 0.3 is 0 Å². The summed E-state index contributed by atoms with van der Waals surface area (Å²) in [5.41, 5.74) is 2.25. The Labute approximate surface area is 148 Å². The number of carbonyl (C=O) groups is 1. The molecule has 1 atom stereocenters. The fourth-order valence-corrected chi connectivity index (χ4v) is 3.52. The van der Waals surface area contributed by atoms with Crippen LogP contribution in [0.3, 0.4) is 0 Å². The summed E-state index contributed by atoms with van der Waals surface area (Å²) in [7, 11) is 1.68. The highest BCUT2D eigenvalue weighted by Crippen LogP contribution is 2.31. The summed E-state index contributed by atoms with van der Waals surface area (Å²) < 4.78 is 10.6. The number of aryl methyl sites for hydroxylation is 2. The molecule has 1 N–H and O–H groups in total. The Morgan fingerprint density at radius 2 is 2.04 bits per heavy atom. The summed E-state index contributed by atoms with van der Waals surface area (Å²) in [6, 6.07) is 8.10. The molecule has 1 aliphatic rings. The zero-order valence-corrected chi connectivity index (χ0v) is 15.0. The number of para-hydroxylation sites is 1. The first-order chi connectivity index (χ1) is 12.1. The van der Waals surface area contributed by atoms with E-state index in [0.29, 0.717) is 23.6 Å². The second-order valence-corrected chi connectivity index (χ2v) is 6.41. The zero-order chi connectivity index (χ0) is 17.8. The van der Waals surface area contributed by atoms with E-state index in [9.17, 15) is 4.79 Å². The van der Waals surface area contributed by atoms with Gasteiger partial charge in [-0.2, -0.15) is 0 Å². The maximum Gasteiger partial charge on any atom is 0.256 e. The molecule has 0 saturated carbocycles. The van der Waals surface area contributed by atoms with Crippen LogP contribution in [0.5, 0.6) is 5.75 Å². The number of hydrogen-bond donors (Lipinski definition) is 1. The number of nitrogens with zero attached hydrogens (tertiary/aromatic N) is 2. The van der Waals surface area contributed by atoms with Gasteiger partial charge in [0.2, 0.25) is 0 Å². The molecular formula is C19H25N3O3. The average Bonchev–Trinajstić information content (AvgIpc) is 3.25. The molecule has 6 heteroatoms. The molecule has 134 valence electrons. The van der Waals surface area contributed by atoms with Crippen LogP contribution >= 0.6 is 0 Å². The number of amides is 1. The fraction of sp³-hybridized carbons (Fsp3) is 0.474. The van der Waals surface area contributed by atoms with E-state index in [1.807, 2.05) is 18.2 Å². The van der Waals surface area contributed by atoms with Crippen molar-refractivity contribution in [2.24, 2.45) is 0 Å². The number of likely N-dealkylation sites (tertiary alicyclic amines) is 1. The van der Waals surface area contributed by atoms with E-state index in [1.165, 1.54) is 12.8 Å². The van der Waals surface area contributed by atoms with Crippen LogP contribution in [0.15, 0.2) is 28.8 Å². The van der Waals surface area contributed by atoms with E-state index in [4.69, 9.17) is 9.26 Å². The van der Waals surface area contributed by atoms with E-state index in [2.05, 4.69) is 21.4 Å². The van der Waals surface area contributed by atoms with Crippen molar-refractivity contribution in [1.29, 1.82) is 0 Å². The zero-order valence-electron chi connectivity index (χ0n) is 15.0. The molecule has 1 aromatic heterocycles. The second kappa shape index (κ2) is 7.70. The predicted molar refractivity (Wildman–Crippen MR) is 94.9 cm³/mol. The van der Waals surface area contributed by atoms with Crippen LogP contribution in [0.25, 0.3) is 0 Å². The fourth-order valence-electron chi connectivity index (χ4n) is 3.52. The molecule has 0 aliphatic carbocycles. The third kappa shape index (κ3) is 3.69. The van der Waals surface area contributed by atoms with Crippen molar-refractivity contribution in [2.75, 3.05) is 26.7 Å². The van der Waals surface area contributed by atoms with Gasteiger partial charge in [0, 0.05) is 12.1 Å². The van der Waals surface area contributed by atoms with Crippen molar-refractivity contribution in [3.05, 3.63) is 46.8 Å². The van der Waals surface area contributed by atoms with Crippen LogP contribution in [0, 0.1) is 13.8 Å². The lowest BCUT2D eigenvalue weighted by atomic mass is 10.0. The lowest BCUT2D eigenvalue weighted by molar-refractivity contribution is 0.0935. The molecule has 25 heavy (non-hydrogen) atoms. The van der Waals surface area contributed by atoms with Gasteiger partial charge < -0.3 is 14.6 Å². The molecule has 0 bridgehead atoms.